The van der Waals surface area contributed by atoms with Crippen LogP contribution in [-0.2, 0) is 6.42 Å². The lowest BCUT2D eigenvalue weighted by Gasteiger charge is -2.07. The Morgan fingerprint density at radius 2 is 2.00 bits per heavy atom. The van der Waals surface area contributed by atoms with Gasteiger partial charge in [0.1, 0.15) is 5.76 Å². The van der Waals surface area contributed by atoms with Gasteiger partial charge < -0.3 is 9.73 Å². The number of hydrogen-bond donors (Lipinski definition) is 2. The lowest BCUT2D eigenvalue weighted by atomic mass is 9.94. The normalized spacial score (nSPS) is 13.6. The van der Waals surface area contributed by atoms with Crippen LogP contribution in [0.15, 0.2) is 40.9 Å². The number of ketones is 1. The number of furan rings is 1. The van der Waals surface area contributed by atoms with Gasteiger partial charge in [-0.3, -0.25) is 14.7 Å². The van der Waals surface area contributed by atoms with Crippen LogP contribution >= 0.6 is 0 Å². The predicted molar refractivity (Wildman–Crippen MR) is 92.7 cm³/mol. The van der Waals surface area contributed by atoms with Crippen molar-refractivity contribution in [1.82, 2.24) is 10.2 Å². The van der Waals surface area contributed by atoms with Gasteiger partial charge in [0.15, 0.2) is 11.5 Å². The van der Waals surface area contributed by atoms with Crippen LogP contribution in [-0.4, -0.2) is 21.9 Å². The maximum absolute atomic E-state index is 12.5. The molecule has 3 aromatic rings. The quantitative estimate of drug-likeness (QED) is 0.763. The minimum absolute atomic E-state index is 0.0606. The maximum atomic E-state index is 12.5. The molecule has 0 saturated heterocycles. The summed E-state index contributed by atoms with van der Waals surface area (Å²) in [6.45, 7) is 1.77. The van der Waals surface area contributed by atoms with E-state index in [1.807, 2.05) is 30.3 Å². The van der Waals surface area contributed by atoms with E-state index < -0.39 is 0 Å². The number of carbonyl (C=O) groups is 2. The van der Waals surface area contributed by atoms with Crippen molar-refractivity contribution in [3.63, 3.8) is 0 Å². The molecule has 0 radical (unpaired) electrons. The summed E-state index contributed by atoms with van der Waals surface area (Å²) < 4.78 is 5.68. The van der Waals surface area contributed by atoms with Gasteiger partial charge >= 0.3 is 0 Å². The summed E-state index contributed by atoms with van der Waals surface area (Å²) >= 11 is 0. The fraction of sp³-hybridized carbons (Fsp3) is 0.211. The number of nitrogens with zero attached hydrogens (tertiary/aromatic N) is 1. The molecule has 1 amide bonds. The molecule has 0 atom stereocenters. The zero-order chi connectivity index (χ0) is 17.4. The van der Waals surface area contributed by atoms with E-state index in [2.05, 4.69) is 15.5 Å². The molecular formula is C19H17N3O3. The predicted octanol–water partition coefficient (Wildman–Crippen LogP) is 3.75. The largest absolute Gasteiger partial charge is 0.455 e. The third-order valence-corrected chi connectivity index (χ3v) is 4.47. The Balaban J connectivity index is 1.55. The number of rotatable bonds is 3. The van der Waals surface area contributed by atoms with Crippen molar-refractivity contribution < 1.29 is 14.0 Å². The van der Waals surface area contributed by atoms with Gasteiger partial charge in [0, 0.05) is 30.3 Å². The Morgan fingerprint density at radius 1 is 1.20 bits per heavy atom. The van der Waals surface area contributed by atoms with Gasteiger partial charge in [0.2, 0.25) is 0 Å². The number of aryl methyl sites for hydroxylation is 1. The molecule has 0 aliphatic heterocycles. The van der Waals surface area contributed by atoms with E-state index in [4.69, 9.17) is 4.42 Å². The van der Waals surface area contributed by atoms with Crippen molar-refractivity contribution in [2.75, 3.05) is 5.32 Å². The molecule has 0 unspecified atom stereocenters. The molecule has 4 rings (SSSR count). The average molecular weight is 335 g/mol. The zero-order valence-corrected chi connectivity index (χ0v) is 13.8. The molecule has 25 heavy (non-hydrogen) atoms. The van der Waals surface area contributed by atoms with E-state index in [1.165, 1.54) is 0 Å². The number of hydrogen-bond acceptors (Lipinski definition) is 4. The Bertz CT molecular complexity index is 937. The third kappa shape index (κ3) is 2.76. The van der Waals surface area contributed by atoms with Gasteiger partial charge in [0.25, 0.3) is 5.91 Å². The van der Waals surface area contributed by atoms with Crippen LogP contribution in [0, 0.1) is 6.92 Å². The molecule has 0 bridgehead atoms. The van der Waals surface area contributed by atoms with Crippen LogP contribution in [0.4, 0.5) is 5.69 Å². The molecule has 2 N–H and O–H groups in total. The molecule has 2 aromatic heterocycles. The molecule has 6 heteroatoms. The number of amides is 1. The van der Waals surface area contributed by atoms with Crippen LogP contribution in [0.1, 0.15) is 45.1 Å². The fourth-order valence-electron chi connectivity index (χ4n) is 3.20. The number of anilines is 1. The Kier molecular flexibility index (Phi) is 3.72. The molecule has 126 valence electrons. The van der Waals surface area contributed by atoms with Crippen molar-refractivity contribution >= 4 is 17.4 Å². The van der Waals surface area contributed by atoms with Crippen LogP contribution in [0.5, 0.6) is 0 Å². The van der Waals surface area contributed by atoms with Crippen LogP contribution in [0.3, 0.4) is 0 Å². The molecule has 1 aliphatic carbocycles. The van der Waals surface area contributed by atoms with Gasteiger partial charge in [0.05, 0.1) is 11.3 Å². The van der Waals surface area contributed by atoms with Gasteiger partial charge in [-0.15, -0.1) is 0 Å². The Morgan fingerprint density at radius 3 is 2.68 bits per heavy atom. The Hall–Kier alpha value is -3.15. The van der Waals surface area contributed by atoms with Gasteiger partial charge in [-0.05, 0) is 37.1 Å². The molecular weight excluding hydrogens is 318 g/mol. The second-order valence-electron chi connectivity index (χ2n) is 6.13. The van der Waals surface area contributed by atoms with E-state index in [0.717, 1.165) is 17.7 Å². The minimum Gasteiger partial charge on any atom is -0.455 e. The van der Waals surface area contributed by atoms with Crippen molar-refractivity contribution in [3.8, 4) is 11.3 Å². The molecule has 6 nitrogen and oxygen atoms in total. The number of aromatic amines is 1. The lowest BCUT2D eigenvalue weighted by Crippen LogP contribution is -2.13. The number of benzene rings is 1. The molecule has 0 fully saturated rings. The maximum Gasteiger partial charge on any atom is 0.291 e. The topological polar surface area (TPSA) is 88.0 Å². The average Bonchev–Trinajstić information content (AvgIpc) is 3.25. The number of nitrogens with one attached hydrogen (secondary N) is 2. The van der Waals surface area contributed by atoms with Gasteiger partial charge in [-0.2, -0.15) is 5.10 Å². The second kappa shape index (κ2) is 6.05. The summed E-state index contributed by atoms with van der Waals surface area (Å²) in [4.78, 5) is 24.6. The number of carbonyl (C=O) groups excluding carboxylic acids is 2. The highest BCUT2D eigenvalue weighted by Gasteiger charge is 2.28. The highest BCUT2D eigenvalue weighted by Crippen LogP contribution is 2.30. The van der Waals surface area contributed by atoms with Gasteiger partial charge in [-0.25, -0.2) is 0 Å². The van der Waals surface area contributed by atoms with Gasteiger partial charge in [-0.1, -0.05) is 12.1 Å². The highest BCUT2D eigenvalue weighted by atomic mass is 16.4. The molecule has 0 saturated carbocycles. The number of H-pyrrole nitrogens is 1. The summed E-state index contributed by atoms with van der Waals surface area (Å²) in [6, 6.07) is 9.30. The summed E-state index contributed by atoms with van der Waals surface area (Å²) in [6.07, 6.45) is 3.68. The van der Waals surface area contributed by atoms with Crippen LogP contribution in [0.2, 0.25) is 0 Å². The summed E-state index contributed by atoms with van der Waals surface area (Å²) in [5, 5.41) is 9.64. The van der Waals surface area contributed by atoms with E-state index in [1.54, 1.807) is 13.1 Å². The smallest absolute Gasteiger partial charge is 0.291 e. The standard InChI is InChI=1S/C19H17N3O3/c1-11-17-15(23)3-2-4-16(17)25-18(11)19(24)21-13-7-5-12(6-8-13)14-9-10-20-22-14/h5-10H,2-4H2,1H3,(H,20,22)(H,21,24). The number of aromatic nitrogens is 2. The summed E-state index contributed by atoms with van der Waals surface area (Å²) in [5.74, 6) is 0.575. The van der Waals surface area contributed by atoms with Crippen LogP contribution in [0.25, 0.3) is 11.3 Å². The van der Waals surface area contributed by atoms with Crippen molar-refractivity contribution in [1.29, 1.82) is 0 Å². The first-order chi connectivity index (χ1) is 12.1. The van der Waals surface area contributed by atoms with E-state index in [0.29, 0.717) is 35.4 Å². The molecule has 0 spiro atoms. The van der Waals surface area contributed by atoms with Crippen molar-refractivity contribution in [3.05, 3.63) is 59.2 Å². The molecule has 1 aliphatic rings. The highest BCUT2D eigenvalue weighted by molar-refractivity contribution is 6.07. The minimum atomic E-state index is -0.339. The van der Waals surface area contributed by atoms with Crippen molar-refractivity contribution in [2.24, 2.45) is 0 Å². The first kappa shape index (κ1) is 15.4. The first-order valence-electron chi connectivity index (χ1n) is 8.20. The summed E-state index contributed by atoms with van der Waals surface area (Å²) in [5.41, 5.74) is 3.77. The Labute approximate surface area is 144 Å². The van der Waals surface area contributed by atoms with E-state index >= 15 is 0 Å². The zero-order valence-electron chi connectivity index (χ0n) is 13.8. The third-order valence-electron chi connectivity index (χ3n) is 4.47. The SMILES string of the molecule is Cc1c(C(=O)Nc2ccc(-c3ccn[nH]3)cc2)oc2c1C(=O)CCC2. The van der Waals surface area contributed by atoms with Crippen LogP contribution < -0.4 is 5.32 Å². The van der Waals surface area contributed by atoms with Crippen molar-refractivity contribution in [2.45, 2.75) is 26.2 Å². The van der Waals surface area contributed by atoms with E-state index in [-0.39, 0.29) is 17.5 Å². The fourth-order valence-corrected chi connectivity index (χ4v) is 3.20. The first-order valence-corrected chi connectivity index (χ1v) is 8.20. The van der Waals surface area contributed by atoms with E-state index in [9.17, 15) is 9.59 Å². The number of fused-ring (bicyclic) bond motifs is 1. The molecule has 2 heterocycles. The summed E-state index contributed by atoms with van der Waals surface area (Å²) in [7, 11) is 0. The molecule has 1 aromatic carbocycles. The monoisotopic (exact) mass is 335 g/mol. The number of Topliss-reactive ketones (excluding diaryl/α,β-unsaturated/α-hetero) is 1. The lowest BCUT2D eigenvalue weighted by molar-refractivity contribution is 0.0963. The second-order valence-corrected chi connectivity index (χ2v) is 6.13.